The largest absolute Gasteiger partial charge is 0.352 e. The SMILES string of the molecule is Cc1ccc(-c2ccc(=O)n(CCC(=O)NCc3ccccc3F)n2)cc1C. The normalized spacial score (nSPS) is 10.7. The Morgan fingerprint density at radius 3 is 2.61 bits per heavy atom. The minimum atomic E-state index is -0.359. The lowest BCUT2D eigenvalue weighted by Gasteiger charge is -2.09. The van der Waals surface area contributed by atoms with Crippen LogP contribution in [0.3, 0.4) is 0 Å². The zero-order valence-electron chi connectivity index (χ0n) is 15.9. The number of nitrogens with zero attached hydrogens (tertiary/aromatic N) is 2. The first kappa shape index (κ1) is 19.5. The molecule has 144 valence electrons. The van der Waals surface area contributed by atoms with Gasteiger partial charge in [-0.25, -0.2) is 9.07 Å². The summed E-state index contributed by atoms with van der Waals surface area (Å²) in [6.45, 7) is 4.32. The van der Waals surface area contributed by atoms with E-state index in [2.05, 4.69) is 10.4 Å². The van der Waals surface area contributed by atoms with E-state index < -0.39 is 0 Å². The number of halogens is 1. The minimum Gasteiger partial charge on any atom is -0.352 e. The molecule has 5 nitrogen and oxygen atoms in total. The molecule has 0 aliphatic heterocycles. The topological polar surface area (TPSA) is 64.0 Å². The van der Waals surface area contributed by atoms with E-state index >= 15 is 0 Å². The molecule has 3 rings (SSSR count). The smallest absolute Gasteiger partial charge is 0.266 e. The predicted octanol–water partition coefficient (Wildman–Crippen LogP) is 3.37. The average molecular weight is 379 g/mol. The van der Waals surface area contributed by atoms with E-state index in [1.807, 2.05) is 32.0 Å². The number of carbonyl (C=O) groups excluding carboxylic acids is 1. The Kier molecular flexibility index (Phi) is 5.99. The maximum absolute atomic E-state index is 13.6. The molecule has 1 aromatic heterocycles. The van der Waals surface area contributed by atoms with Crippen molar-refractivity contribution in [3.05, 3.63) is 87.5 Å². The molecule has 1 heterocycles. The van der Waals surface area contributed by atoms with Gasteiger partial charge in [0.1, 0.15) is 5.82 Å². The number of hydrogen-bond acceptors (Lipinski definition) is 3. The number of rotatable bonds is 6. The third-order valence-corrected chi connectivity index (χ3v) is 4.65. The second-order valence-electron chi connectivity index (χ2n) is 6.70. The van der Waals surface area contributed by atoms with Crippen molar-refractivity contribution in [1.82, 2.24) is 15.1 Å². The van der Waals surface area contributed by atoms with Gasteiger partial charge in [-0.1, -0.05) is 30.3 Å². The van der Waals surface area contributed by atoms with Crippen molar-refractivity contribution in [1.29, 1.82) is 0 Å². The number of carbonyl (C=O) groups is 1. The van der Waals surface area contributed by atoms with Crippen LogP contribution in [0.5, 0.6) is 0 Å². The van der Waals surface area contributed by atoms with Crippen molar-refractivity contribution in [2.75, 3.05) is 0 Å². The van der Waals surface area contributed by atoms with Crippen LogP contribution in [-0.2, 0) is 17.9 Å². The number of benzene rings is 2. The summed E-state index contributed by atoms with van der Waals surface area (Å²) in [4.78, 5) is 24.2. The fourth-order valence-corrected chi connectivity index (χ4v) is 2.80. The zero-order valence-corrected chi connectivity index (χ0v) is 15.9. The first-order valence-corrected chi connectivity index (χ1v) is 9.10. The highest BCUT2D eigenvalue weighted by atomic mass is 19.1. The summed E-state index contributed by atoms with van der Waals surface area (Å²) in [5.41, 5.74) is 4.07. The number of hydrogen-bond donors (Lipinski definition) is 1. The summed E-state index contributed by atoms with van der Waals surface area (Å²) >= 11 is 0. The molecule has 0 spiro atoms. The Hall–Kier alpha value is -3.28. The van der Waals surface area contributed by atoms with Crippen molar-refractivity contribution in [2.45, 2.75) is 33.4 Å². The van der Waals surface area contributed by atoms with Crippen LogP contribution in [-0.4, -0.2) is 15.7 Å². The molecule has 0 unspecified atom stereocenters. The summed E-state index contributed by atoms with van der Waals surface area (Å²) in [7, 11) is 0. The van der Waals surface area contributed by atoms with Gasteiger partial charge in [-0.3, -0.25) is 9.59 Å². The molecule has 6 heteroatoms. The third-order valence-electron chi connectivity index (χ3n) is 4.65. The summed E-state index contributed by atoms with van der Waals surface area (Å²) < 4.78 is 14.9. The van der Waals surface area contributed by atoms with Gasteiger partial charge in [0.25, 0.3) is 5.56 Å². The molecule has 0 fully saturated rings. The molecule has 0 aliphatic carbocycles. The molecule has 0 atom stereocenters. The first-order chi connectivity index (χ1) is 13.4. The average Bonchev–Trinajstić information content (AvgIpc) is 2.69. The highest BCUT2D eigenvalue weighted by Gasteiger charge is 2.08. The lowest BCUT2D eigenvalue weighted by Crippen LogP contribution is -2.28. The van der Waals surface area contributed by atoms with Gasteiger partial charge in [0.05, 0.1) is 12.2 Å². The summed E-state index contributed by atoms with van der Waals surface area (Å²) in [5, 5.41) is 7.05. The lowest BCUT2D eigenvalue weighted by atomic mass is 10.0. The molecule has 28 heavy (non-hydrogen) atoms. The Morgan fingerprint density at radius 2 is 1.86 bits per heavy atom. The highest BCUT2D eigenvalue weighted by molar-refractivity contribution is 5.75. The third kappa shape index (κ3) is 4.71. The Balaban J connectivity index is 1.65. The molecule has 0 aliphatic rings. The second kappa shape index (κ2) is 8.61. The van der Waals surface area contributed by atoms with Crippen molar-refractivity contribution < 1.29 is 9.18 Å². The van der Waals surface area contributed by atoms with Crippen LogP contribution in [0.15, 0.2) is 59.4 Å². The zero-order chi connectivity index (χ0) is 20.1. The van der Waals surface area contributed by atoms with Crippen LogP contribution in [0.25, 0.3) is 11.3 Å². The molecule has 0 saturated carbocycles. The van der Waals surface area contributed by atoms with Crippen molar-refractivity contribution in [2.24, 2.45) is 0 Å². The van der Waals surface area contributed by atoms with E-state index in [1.165, 1.54) is 22.4 Å². The molecule has 2 aromatic carbocycles. The van der Waals surface area contributed by atoms with Gasteiger partial charge >= 0.3 is 0 Å². The van der Waals surface area contributed by atoms with Crippen LogP contribution in [0.4, 0.5) is 4.39 Å². The predicted molar refractivity (Wildman–Crippen MR) is 106 cm³/mol. The van der Waals surface area contributed by atoms with Gasteiger partial charge in [0.15, 0.2) is 0 Å². The Bertz CT molecular complexity index is 1060. The van der Waals surface area contributed by atoms with E-state index in [0.29, 0.717) is 11.3 Å². The van der Waals surface area contributed by atoms with E-state index in [1.54, 1.807) is 24.3 Å². The van der Waals surface area contributed by atoms with Crippen molar-refractivity contribution in [3.63, 3.8) is 0 Å². The molecule has 0 saturated heterocycles. The van der Waals surface area contributed by atoms with Crippen molar-refractivity contribution >= 4 is 5.91 Å². The molecule has 0 bridgehead atoms. The molecule has 1 N–H and O–H groups in total. The number of nitrogens with one attached hydrogen (secondary N) is 1. The van der Waals surface area contributed by atoms with E-state index in [4.69, 9.17) is 0 Å². The summed E-state index contributed by atoms with van der Waals surface area (Å²) in [6, 6.07) is 15.4. The van der Waals surface area contributed by atoms with E-state index in [-0.39, 0.29) is 36.8 Å². The van der Waals surface area contributed by atoms with Crippen molar-refractivity contribution in [3.8, 4) is 11.3 Å². The quantitative estimate of drug-likeness (QED) is 0.714. The Labute approximate surface area is 162 Å². The van der Waals surface area contributed by atoms with Gasteiger partial charge in [-0.15, -0.1) is 0 Å². The molecular weight excluding hydrogens is 357 g/mol. The molecular formula is C22H22FN3O2. The first-order valence-electron chi connectivity index (χ1n) is 9.10. The van der Waals surface area contributed by atoms with Gasteiger partial charge in [0, 0.05) is 30.2 Å². The fraction of sp³-hybridized carbons (Fsp3) is 0.227. The monoisotopic (exact) mass is 379 g/mol. The lowest BCUT2D eigenvalue weighted by molar-refractivity contribution is -0.121. The van der Waals surface area contributed by atoms with Crippen LogP contribution >= 0.6 is 0 Å². The fourth-order valence-electron chi connectivity index (χ4n) is 2.80. The molecule has 3 aromatic rings. The summed E-state index contributed by atoms with van der Waals surface area (Å²) in [6.07, 6.45) is 0.0811. The Morgan fingerprint density at radius 1 is 1.07 bits per heavy atom. The molecule has 1 amide bonds. The number of aromatic nitrogens is 2. The molecule has 0 radical (unpaired) electrons. The van der Waals surface area contributed by atoms with Crippen LogP contribution in [0.2, 0.25) is 0 Å². The maximum atomic E-state index is 13.6. The standard InChI is InChI=1S/C22H22FN3O2/c1-15-7-8-17(13-16(15)2)20-9-10-22(28)26(25-20)12-11-21(27)24-14-18-5-3-4-6-19(18)23/h3-10,13H,11-12,14H2,1-2H3,(H,24,27). The maximum Gasteiger partial charge on any atom is 0.266 e. The number of amides is 1. The summed E-state index contributed by atoms with van der Waals surface area (Å²) in [5.74, 6) is -0.629. The van der Waals surface area contributed by atoms with Gasteiger partial charge in [-0.2, -0.15) is 5.10 Å². The van der Waals surface area contributed by atoms with Gasteiger partial charge < -0.3 is 5.32 Å². The van der Waals surface area contributed by atoms with Gasteiger partial charge in [0.2, 0.25) is 5.91 Å². The number of aryl methyl sites for hydroxylation is 3. The van der Waals surface area contributed by atoms with Crippen LogP contribution in [0.1, 0.15) is 23.1 Å². The van der Waals surface area contributed by atoms with Crippen LogP contribution < -0.4 is 10.9 Å². The second-order valence-corrected chi connectivity index (χ2v) is 6.70. The van der Waals surface area contributed by atoms with Gasteiger partial charge in [-0.05, 0) is 43.2 Å². The van der Waals surface area contributed by atoms with Crippen LogP contribution in [0, 0.1) is 19.7 Å². The van der Waals surface area contributed by atoms with E-state index in [9.17, 15) is 14.0 Å². The minimum absolute atomic E-state index is 0.0811. The van der Waals surface area contributed by atoms with E-state index in [0.717, 1.165) is 11.1 Å². The highest BCUT2D eigenvalue weighted by Crippen LogP contribution is 2.19.